The van der Waals surface area contributed by atoms with E-state index in [0.29, 0.717) is 12.0 Å². The number of amides is 5. The fraction of sp³-hybridized carbons (Fsp3) is 0.368. The monoisotopic (exact) mass is 465 g/mol. The maximum atomic E-state index is 12.5. The summed E-state index contributed by atoms with van der Waals surface area (Å²) >= 11 is 0. The van der Waals surface area contributed by atoms with E-state index in [4.69, 9.17) is 4.42 Å². The minimum atomic E-state index is -1.04. The summed E-state index contributed by atoms with van der Waals surface area (Å²) in [5, 5.41) is 12.3. The number of nitrogens with one attached hydrogen (secondary N) is 5. The molecule has 0 spiro atoms. The number of furan rings is 1. The largest absolute Gasteiger partial charge is 0.469 e. The van der Waals surface area contributed by atoms with Crippen molar-refractivity contribution in [2.75, 3.05) is 19.3 Å². The Kier molecular flexibility index (Phi) is 10.1. The van der Waals surface area contributed by atoms with Gasteiger partial charge in [-0.2, -0.15) is 0 Å². The molecule has 2 rings (SSSR count). The SMILES string of the molecule is O=C[C@@H]1CPNC(=O)CNC(=O)[C@H](Cc2ccco2)NC(=O)CNC(=O)CC=CC(=O)N1. The highest BCUT2D eigenvalue weighted by molar-refractivity contribution is 7.36. The molecule has 32 heavy (non-hydrogen) atoms. The van der Waals surface area contributed by atoms with Crippen LogP contribution in [0.2, 0.25) is 0 Å². The lowest BCUT2D eigenvalue weighted by atomic mass is 10.1. The summed E-state index contributed by atoms with van der Waals surface area (Å²) in [5.41, 5.74) is 0. The average molecular weight is 465 g/mol. The highest BCUT2D eigenvalue weighted by Gasteiger charge is 2.23. The van der Waals surface area contributed by atoms with Crippen LogP contribution in [0.1, 0.15) is 12.2 Å². The lowest BCUT2D eigenvalue weighted by molar-refractivity contribution is -0.130. The normalized spacial score (nSPS) is 22.9. The fourth-order valence-corrected chi connectivity index (χ4v) is 3.37. The van der Waals surface area contributed by atoms with E-state index >= 15 is 0 Å². The maximum Gasteiger partial charge on any atom is 0.244 e. The maximum absolute atomic E-state index is 12.5. The molecule has 5 amide bonds. The molecule has 1 aromatic heterocycles. The predicted molar refractivity (Wildman–Crippen MR) is 113 cm³/mol. The number of carbonyl (C=O) groups excluding carboxylic acids is 6. The molecule has 0 bridgehead atoms. The highest BCUT2D eigenvalue weighted by atomic mass is 31.1. The molecule has 1 aromatic rings. The van der Waals surface area contributed by atoms with E-state index in [0.717, 1.165) is 6.08 Å². The van der Waals surface area contributed by atoms with Gasteiger partial charge in [0.2, 0.25) is 29.5 Å². The van der Waals surface area contributed by atoms with E-state index in [1.807, 2.05) is 0 Å². The van der Waals surface area contributed by atoms with Gasteiger partial charge in [-0.3, -0.25) is 24.0 Å². The Labute approximate surface area is 185 Å². The van der Waals surface area contributed by atoms with Crippen LogP contribution in [0.5, 0.6) is 0 Å². The number of carbonyl (C=O) groups is 6. The topological polar surface area (TPSA) is 176 Å². The molecule has 172 valence electrons. The molecular formula is C19H24N5O7P. The molecule has 3 atom stereocenters. The van der Waals surface area contributed by atoms with Crippen molar-refractivity contribution in [2.24, 2.45) is 0 Å². The van der Waals surface area contributed by atoms with Gasteiger partial charge in [0.1, 0.15) is 18.1 Å². The molecule has 1 aliphatic rings. The third kappa shape index (κ3) is 9.09. The number of aldehydes is 1. The first-order chi connectivity index (χ1) is 15.4. The summed E-state index contributed by atoms with van der Waals surface area (Å²) in [6.45, 7) is -0.746. The molecule has 0 saturated carbocycles. The van der Waals surface area contributed by atoms with Gasteiger partial charge in [0.05, 0.1) is 25.4 Å². The Bertz CT molecular complexity index is 871. The zero-order valence-electron chi connectivity index (χ0n) is 17.0. The minimum Gasteiger partial charge on any atom is -0.469 e. The number of hydrogen-bond donors (Lipinski definition) is 5. The van der Waals surface area contributed by atoms with Crippen molar-refractivity contribution in [3.63, 3.8) is 0 Å². The van der Waals surface area contributed by atoms with Gasteiger partial charge >= 0.3 is 0 Å². The predicted octanol–water partition coefficient (Wildman–Crippen LogP) is -2.11. The van der Waals surface area contributed by atoms with Crippen molar-refractivity contribution < 1.29 is 33.2 Å². The second-order valence-corrected chi connectivity index (χ2v) is 7.70. The molecule has 1 aliphatic heterocycles. The van der Waals surface area contributed by atoms with E-state index in [1.165, 1.54) is 12.3 Å². The van der Waals surface area contributed by atoms with Crippen LogP contribution < -0.4 is 26.4 Å². The summed E-state index contributed by atoms with van der Waals surface area (Å²) in [7, 11) is -0.186. The Morgan fingerprint density at radius 2 is 1.81 bits per heavy atom. The lowest BCUT2D eigenvalue weighted by Gasteiger charge is -2.18. The van der Waals surface area contributed by atoms with Crippen molar-refractivity contribution in [3.05, 3.63) is 36.3 Å². The average Bonchev–Trinajstić information content (AvgIpc) is 3.27. The molecule has 0 aromatic carbocycles. The summed E-state index contributed by atoms with van der Waals surface area (Å²) in [4.78, 5) is 71.5. The molecule has 13 heteroatoms. The Morgan fingerprint density at radius 3 is 2.53 bits per heavy atom. The van der Waals surface area contributed by atoms with Crippen molar-refractivity contribution >= 4 is 44.6 Å². The van der Waals surface area contributed by atoms with Crippen LogP contribution in [0.4, 0.5) is 0 Å². The van der Waals surface area contributed by atoms with Crippen LogP contribution in [-0.2, 0) is 35.2 Å². The molecule has 0 radical (unpaired) electrons. The first-order valence-electron chi connectivity index (χ1n) is 9.67. The van der Waals surface area contributed by atoms with Gasteiger partial charge in [-0.05, 0) is 26.9 Å². The standard InChI is InChI=1S/C19H24N5O7P/c25-10-12-11-32-24-18(29)9-21-19(30)14(7-13-3-2-6-31-13)23-17(28)8-20-15(26)4-1-5-16(27)22-12/h1-3,5-6,10,12,14,32H,4,7-9,11H2,(H,20,26)(H,21,30)(H,22,27)(H,23,28)(H,24,29)/t12-,14+/m1/s1. The Hall–Kier alpha value is -3.53. The van der Waals surface area contributed by atoms with Gasteiger partial charge in [0.15, 0.2) is 0 Å². The van der Waals surface area contributed by atoms with Gasteiger partial charge in [-0.25, -0.2) is 0 Å². The van der Waals surface area contributed by atoms with Gasteiger partial charge in [0, 0.05) is 19.0 Å². The third-order valence-corrected chi connectivity index (χ3v) is 5.22. The van der Waals surface area contributed by atoms with E-state index < -0.39 is 48.2 Å². The zero-order chi connectivity index (χ0) is 23.3. The Morgan fingerprint density at radius 1 is 1.03 bits per heavy atom. The van der Waals surface area contributed by atoms with Crippen LogP contribution in [-0.4, -0.2) is 67.2 Å². The molecule has 0 aliphatic carbocycles. The second-order valence-electron chi connectivity index (χ2n) is 6.68. The third-order valence-electron chi connectivity index (χ3n) is 4.12. The summed E-state index contributed by atoms with van der Waals surface area (Å²) in [6, 6.07) is 1.40. The lowest BCUT2D eigenvalue weighted by Crippen LogP contribution is -2.51. The Balaban J connectivity index is 2.08. The molecule has 0 fully saturated rings. The van der Waals surface area contributed by atoms with Gasteiger partial charge < -0.3 is 35.6 Å². The molecule has 5 N–H and O–H groups in total. The highest BCUT2D eigenvalue weighted by Crippen LogP contribution is 2.06. The first-order valence-corrected chi connectivity index (χ1v) is 10.9. The van der Waals surface area contributed by atoms with Crippen LogP contribution in [0.3, 0.4) is 0 Å². The number of hydrogen-bond acceptors (Lipinski definition) is 7. The molecule has 0 saturated heterocycles. The fourth-order valence-electron chi connectivity index (χ4n) is 2.57. The van der Waals surface area contributed by atoms with Crippen LogP contribution in [0.15, 0.2) is 35.0 Å². The van der Waals surface area contributed by atoms with Crippen LogP contribution in [0.25, 0.3) is 0 Å². The summed E-state index contributed by atoms with van der Waals surface area (Å²) in [6.07, 6.45) is 4.40. The summed E-state index contributed by atoms with van der Waals surface area (Å²) in [5.74, 6) is -2.38. The van der Waals surface area contributed by atoms with Gasteiger partial charge in [-0.15, -0.1) is 0 Å². The molecule has 1 unspecified atom stereocenters. The van der Waals surface area contributed by atoms with E-state index in [2.05, 4.69) is 26.4 Å². The molecular weight excluding hydrogens is 441 g/mol. The number of rotatable bonds is 3. The summed E-state index contributed by atoms with van der Waals surface area (Å²) < 4.78 is 5.22. The van der Waals surface area contributed by atoms with Crippen molar-refractivity contribution in [2.45, 2.75) is 24.9 Å². The van der Waals surface area contributed by atoms with E-state index in [1.54, 1.807) is 12.1 Å². The molecule has 2 heterocycles. The van der Waals surface area contributed by atoms with Crippen molar-refractivity contribution in [1.82, 2.24) is 26.4 Å². The first kappa shape index (κ1) is 24.7. The van der Waals surface area contributed by atoms with Crippen molar-refractivity contribution in [3.8, 4) is 0 Å². The van der Waals surface area contributed by atoms with Gasteiger partial charge in [-0.1, -0.05) is 6.08 Å². The van der Waals surface area contributed by atoms with E-state index in [9.17, 15) is 28.8 Å². The second kappa shape index (κ2) is 13.0. The quantitative estimate of drug-likeness (QED) is 0.251. The van der Waals surface area contributed by atoms with E-state index in [-0.39, 0.29) is 34.3 Å². The van der Waals surface area contributed by atoms with Crippen LogP contribution >= 0.6 is 8.73 Å². The smallest absolute Gasteiger partial charge is 0.244 e. The van der Waals surface area contributed by atoms with Crippen molar-refractivity contribution in [1.29, 1.82) is 0 Å². The van der Waals surface area contributed by atoms with Gasteiger partial charge in [0.25, 0.3) is 0 Å². The minimum absolute atomic E-state index is 0.0411. The van der Waals surface area contributed by atoms with Crippen LogP contribution in [0, 0.1) is 0 Å². The zero-order valence-corrected chi connectivity index (χ0v) is 18.0. The molecule has 12 nitrogen and oxygen atoms in total.